The van der Waals surface area contributed by atoms with Gasteiger partial charge in [-0.1, -0.05) is 64.3 Å². The Bertz CT molecular complexity index is 459. The van der Waals surface area contributed by atoms with Crippen LogP contribution in [0.3, 0.4) is 0 Å². The van der Waals surface area contributed by atoms with Crippen LogP contribution in [0.2, 0.25) is 0 Å². The molecule has 1 aromatic rings. The molecule has 1 unspecified atom stereocenters. The van der Waals surface area contributed by atoms with E-state index in [-0.39, 0.29) is 5.91 Å². The molecule has 0 spiro atoms. The molecule has 0 heterocycles. The number of aliphatic hydroxyl groups is 1. The van der Waals surface area contributed by atoms with Crippen LogP contribution in [0.4, 0.5) is 0 Å². The van der Waals surface area contributed by atoms with Gasteiger partial charge >= 0.3 is 0 Å². The van der Waals surface area contributed by atoms with Gasteiger partial charge in [-0.2, -0.15) is 0 Å². The Morgan fingerprint density at radius 2 is 1.86 bits per heavy atom. The zero-order chi connectivity index (χ0) is 16.6. The highest BCUT2D eigenvalue weighted by Gasteiger charge is 2.37. The molecule has 1 amide bonds. The zero-order valence-corrected chi connectivity index (χ0v) is 15.0. The van der Waals surface area contributed by atoms with Crippen LogP contribution >= 0.6 is 11.8 Å². The molecule has 0 aliphatic heterocycles. The van der Waals surface area contributed by atoms with Gasteiger partial charge in [0.2, 0.25) is 4.93 Å². The van der Waals surface area contributed by atoms with E-state index in [1.54, 1.807) is 7.05 Å². The Hall–Kier alpha value is -1.00. The fourth-order valence-corrected chi connectivity index (χ4v) is 3.47. The summed E-state index contributed by atoms with van der Waals surface area (Å²) < 4.78 is 0. The Morgan fingerprint density at radius 1 is 1.23 bits per heavy atom. The third-order valence-electron chi connectivity index (χ3n) is 3.81. The minimum Gasteiger partial charge on any atom is -0.367 e. The normalized spacial score (nSPS) is 13.9. The van der Waals surface area contributed by atoms with Crippen LogP contribution in [-0.2, 0) is 9.73 Å². The highest BCUT2D eigenvalue weighted by molar-refractivity contribution is 8.00. The first-order chi connectivity index (χ1) is 10.5. The Kier molecular flexibility index (Phi) is 7.97. The molecule has 0 saturated carbocycles. The second-order valence-corrected chi connectivity index (χ2v) is 7.20. The standard InChI is InChI=1S/C18H29NO2S/c1-5-6-7-8-13-22-18(21,17(20)19-4)16-11-9-15(10-12-16)14(2)3/h9-12,14,21H,5-8,13H2,1-4H3,(H,19,20). The number of hydrogen-bond donors (Lipinski definition) is 2. The van der Waals surface area contributed by atoms with E-state index >= 15 is 0 Å². The average molecular weight is 324 g/mol. The Labute approximate surface area is 138 Å². The molecule has 2 N–H and O–H groups in total. The van der Waals surface area contributed by atoms with E-state index in [1.807, 2.05) is 24.3 Å². The van der Waals surface area contributed by atoms with E-state index in [1.165, 1.54) is 30.2 Å². The number of unbranched alkanes of at least 4 members (excludes halogenated alkanes) is 3. The third kappa shape index (κ3) is 5.03. The molecule has 3 nitrogen and oxygen atoms in total. The molecule has 0 fully saturated rings. The van der Waals surface area contributed by atoms with Gasteiger partial charge in [0.25, 0.3) is 5.91 Å². The van der Waals surface area contributed by atoms with Crippen molar-refractivity contribution in [3.05, 3.63) is 35.4 Å². The van der Waals surface area contributed by atoms with Gasteiger partial charge < -0.3 is 10.4 Å². The highest BCUT2D eigenvalue weighted by Crippen LogP contribution is 2.35. The summed E-state index contributed by atoms with van der Waals surface area (Å²) in [7, 11) is 1.56. The van der Waals surface area contributed by atoms with Gasteiger partial charge in [0, 0.05) is 12.6 Å². The molecule has 124 valence electrons. The second-order valence-electron chi connectivity index (χ2n) is 5.91. The van der Waals surface area contributed by atoms with Gasteiger partial charge in [-0.15, -0.1) is 11.8 Å². The summed E-state index contributed by atoms with van der Waals surface area (Å²) in [5, 5.41) is 13.5. The van der Waals surface area contributed by atoms with E-state index in [4.69, 9.17) is 0 Å². The number of rotatable bonds is 9. The maximum Gasteiger partial charge on any atom is 0.267 e. The predicted octanol–water partition coefficient (Wildman–Crippen LogP) is 4.01. The number of hydrogen-bond acceptors (Lipinski definition) is 3. The third-order valence-corrected chi connectivity index (χ3v) is 5.14. The first-order valence-electron chi connectivity index (χ1n) is 8.14. The van der Waals surface area contributed by atoms with E-state index in [9.17, 15) is 9.90 Å². The molecule has 0 aliphatic rings. The van der Waals surface area contributed by atoms with Crippen molar-refractivity contribution in [2.24, 2.45) is 0 Å². The molecule has 0 aliphatic carbocycles. The van der Waals surface area contributed by atoms with E-state index < -0.39 is 4.93 Å². The Morgan fingerprint density at radius 3 is 2.36 bits per heavy atom. The second kappa shape index (κ2) is 9.21. The molecule has 0 saturated heterocycles. The van der Waals surface area contributed by atoms with Crippen molar-refractivity contribution in [3.8, 4) is 0 Å². The summed E-state index contributed by atoms with van der Waals surface area (Å²) in [5.74, 6) is 0.852. The maximum atomic E-state index is 12.2. The van der Waals surface area contributed by atoms with Crippen LogP contribution in [0.15, 0.2) is 24.3 Å². The molecule has 1 aromatic carbocycles. The summed E-state index contributed by atoms with van der Waals surface area (Å²) in [5.41, 5.74) is 1.85. The lowest BCUT2D eigenvalue weighted by Gasteiger charge is -2.26. The quantitative estimate of drug-likeness (QED) is 0.533. The van der Waals surface area contributed by atoms with Gasteiger partial charge in [-0.3, -0.25) is 4.79 Å². The van der Waals surface area contributed by atoms with Crippen molar-refractivity contribution in [2.75, 3.05) is 12.8 Å². The molecule has 22 heavy (non-hydrogen) atoms. The average Bonchev–Trinajstić information content (AvgIpc) is 2.53. The summed E-state index contributed by atoms with van der Waals surface area (Å²) in [6.07, 6.45) is 4.53. The molecular weight excluding hydrogens is 294 g/mol. The van der Waals surface area contributed by atoms with Crippen molar-refractivity contribution >= 4 is 17.7 Å². The highest BCUT2D eigenvalue weighted by atomic mass is 32.2. The fraction of sp³-hybridized carbons (Fsp3) is 0.611. The summed E-state index contributed by atoms with van der Waals surface area (Å²) in [6.45, 7) is 6.43. The number of carbonyl (C=O) groups is 1. The Balaban J connectivity index is 2.84. The van der Waals surface area contributed by atoms with Gasteiger partial charge in [-0.05, 0) is 23.7 Å². The lowest BCUT2D eigenvalue weighted by Crippen LogP contribution is -2.40. The zero-order valence-electron chi connectivity index (χ0n) is 14.2. The fourth-order valence-electron chi connectivity index (χ4n) is 2.29. The molecule has 1 atom stereocenters. The maximum absolute atomic E-state index is 12.2. The van der Waals surface area contributed by atoms with Crippen molar-refractivity contribution in [2.45, 2.75) is 57.3 Å². The molecule has 0 radical (unpaired) electrons. The van der Waals surface area contributed by atoms with E-state index in [2.05, 4.69) is 26.1 Å². The van der Waals surface area contributed by atoms with Crippen LogP contribution in [0, 0.1) is 0 Å². The van der Waals surface area contributed by atoms with Gasteiger partial charge in [0.05, 0.1) is 0 Å². The summed E-state index contributed by atoms with van der Waals surface area (Å²) in [4.78, 5) is 10.7. The van der Waals surface area contributed by atoms with Crippen LogP contribution in [-0.4, -0.2) is 23.8 Å². The summed E-state index contributed by atoms with van der Waals surface area (Å²) >= 11 is 1.32. The van der Waals surface area contributed by atoms with E-state index in [0.29, 0.717) is 11.5 Å². The molecule has 0 bridgehead atoms. The van der Waals surface area contributed by atoms with Gasteiger partial charge in [0.15, 0.2) is 0 Å². The van der Waals surface area contributed by atoms with Crippen molar-refractivity contribution in [1.82, 2.24) is 5.32 Å². The molecule has 4 heteroatoms. The van der Waals surface area contributed by atoms with Crippen molar-refractivity contribution < 1.29 is 9.90 Å². The lowest BCUT2D eigenvalue weighted by molar-refractivity contribution is -0.131. The van der Waals surface area contributed by atoms with Crippen LogP contribution < -0.4 is 5.32 Å². The first kappa shape index (κ1) is 19.0. The largest absolute Gasteiger partial charge is 0.367 e. The smallest absolute Gasteiger partial charge is 0.267 e. The van der Waals surface area contributed by atoms with Crippen LogP contribution in [0.1, 0.15) is 63.5 Å². The minimum atomic E-state index is -1.50. The van der Waals surface area contributed by atoms with Crippen molar-refractivity contribution in [3.63, 3.8) is 0 Å². The molecule has 0 aromatic heterocycles. The van der Waals surface area contributed by atoms with Crippen LogP contribution in [0.5, 0.6) is 0 Å². The number of amides is 1. The lowest BCUT2D eigenvalue weighted by atomic mass is 9.99. The van der Waals surface area contributed by atoms with Gasteiger partial charge in [0.1, 0.15) is 0 Å². The molecular formula is C18H29NO2S. The van der Waals surface area contributed by atoms with Gasteiger partial charge in [-0.25, -0.2) is 0 Å². The van der Waals surface area contributed by atoms with Crippen LogP contribution in [0.25, 0.3) is 0 Å². The number of nitrogens with one attached hydrogen (secondary N) is 1. The minimum absolute atomic E-state index is 0.356. The summed E-state index contributed by atoms with van der Waals surface area (Å²) in [6, 6.07) is 7.71. The number of carbonyl (C=O) groups excluding carboxylic acids is 1. The number of benzene rings is 1. The number of likely N-dealkylation sites (N-methyl/N-ethyl adjacent to an activating group) is 1. The SMILES string of the molecule is CCCCCCSC(O)(C(=O)NC)c1ccc(C(C)C)cc1. The monoisotopic (exact) mass is 323 g/mol. The van der Waals surface area contributed by atoms with E-state index in [0.717, 1.165) is 18.6 Å². The predicted molar refractivity (Wildman–Crippen MR) is 95.1 cm³/mol. The first-order valence-corrected chi connectivity index (χ1v) is 9.13. The van der Waals surface area contributed by atoms with Crippen molar-refractivity contribution in [1.29, 1.82) is 0 Å². The molecule has 1 rings (SSSR count). The topological polar surface area (TPSA) is 49.3 Å². The number of thioether (sulfide) groups is 1.